The second kappa shape index (κ2) is 14.1. The summed E-state index contributed by atoms with van der Waals surface area (Å²) in [5, 5.41) is 9.00. The highest BCUT2D eigenvalue weighted by atomic mass is 15.2. The van der Waals surface area contributed by atoms with Crippen LogP contribution < -0.4 is 14.8 Å². The van der Waals surface area contributed by atoms with Crippen molar-refractivity contribution in [1.29, 1.82) is 0 Å². The number of para-hydroxylation sites is 2. The summed E-state index contributed by atoms with van der Waals surface area (Å²) in [5.74, 6) is 0. The Morgan fingerprint density at radius 1 is 0.589 bits per heavy atom. The number of rotatable bonds is 5. The zero-order chi connectivity index (χ0) is 38.6. The lowest BCUT2D eigenvalue weighted by atomic mass is 9.79. The normalized spacial score (nSPS) is 21.4. The zero-order valence-corrected chi connectivity index (χ0v) is 33.6. The second-order valence-electron chi connectivity index (χ2n) is 16.7. The van der Waals surface area contributed by atoms with E-state index < -0.39 is 0 Å². The highest BCUT2D eigenvalue weighted by molar-refractivity contribution is 6.16. The largest absolute Gasteiger partial charge is 0.347 e. The third-order valence-electron chi connectivity index (χ3n) is 12.8. The molecule has 1 aliphatic heterocycles. The van der Waals surface area contributed by atoms with E-state index in [2.05, 4.69) is 214 Å². The Labute approximate surface area is 332 Å². The summed E-state index contributed by atoms with van der Waals surface area (Å²) in [5.41, 5.74) is 14.3. The fourth-order valence-corrected chi connectivity index (χ4v) is 10.2. The van der Waals surface area contributed by atoms with Gasteiger partial charge >= 0.3 is 0 Å². The van der Waals surface area contributed by atoms with Crippen LogP contribution in [-0.4, -0.2) is 19.8 Å². The van der Waals surface area contributed by atoms with Crippen LogP contribution in [0.4, 0.5) is 17.1 Å². The Morgan fingerprint density at radius 3 is 1.73 bits per heavy atom. The lowest BCUT2D eigenvalue weighted by Crippen LogP contribution is -2.26. The number of anilines is 1. The molecule has 0 amide bonds. The summed E-state index contributed by atoms with van der Waals surface area (Å²) in [6, 6.07) is 48.9. The molecule has 1 saturated carbocycles. The van der Waals surface area contributed by atoms with Crippen LogP contribution in [0.5, 0.6) is 0 Å². The topological polar surface area (TPSA) is 18.3 Å². The van der Waals surface area contributed by atoms with Crippen molar-refractivity contribution in [2.45, 2.75) is 63.8 Å². The van der Waals surface area contributed by atoms with Gasteiger partial charge in [-0.15, -0.1) is 0 Å². The van der Waals surface area contributed by atoms with Gasteiger partial charge in [0.2, 0.25) is 17.1 Å². The molecule has 0 aromatic heterocycles. The Balaban J connectivity index is 1.24. The first-order valence-electron chi connectivity index (χ1n) is 20.3. The van der Waals surface area contributed by atoms with Gasteiger partial charge in [-0.05, 0) is 82.3 Å². The molecule has 3 heteroatoms. The predicted molar refractivity (Wildman–Crippen MR) is 240 cm³/mol. The van der Waals surface area contributed by atoms with Crippen LogP contribution in [0.2, 0.25) is 0 Å². The van der Waals surface area contributed by atoms with Crippen molar-refractivity contribution >= 4 is 44.3 Å². The van der Waals surface area contributed by atoms with Crippen LogP contribution in [0.3, 0.4) is 0 Å². The molecule has 278 valence electrons. The van der Waals surface area contributed by atoms with Gasteiger partial charge in [0.15, 0.2) is 0 Å². The average molecular weight is 731 g/mol. The molecule has 1 N–H and O–H groups in total. The highest BCUT2D eigenvalue weighted by Crippen LogP contribution is 2.52. The number of hydrogen-bond acceptors (Lipinski definition) is 2. The van der Waals surface area contributed by atoms with Crippen molar-refractivity contribution in [1.82, 2.24) is 9.89 Å². The van der Waals surface area contributed by atoms with E-state index in [1.807, 2.05) is 0 Å². The van der Waals surface area contributed by atoms with Gasteiger partial charge in [0.05, 0.1) is 6.04 Å². The molecule has 9 rings (SSSR count). The van der Waals surface area contributed by atoms with E-state index in [1.54, 1.807) is 0 Å². The van der Waals surface area contributed by atoms with Crippen molar-refractivity contribution in [2.24, 2.45) is 0 Å². The fourth-order valence-electron chi connectivity index (χ4n) is 10.2. The van der Waals surface area contributed by atoms with Crippen molar-refractivity contribution < 1.29 is 0 Å². The van der Waals surface area contributed by atoms with Crippen LogP contribution in [0.1, 0.15) is 69.7 Å². The van der Waals surface area contributed by atoms with Gasteiger partial charge in [-0.3, -0.25) is 0 Å². The molecule has 6 aromatic rings. The van der Waals surface area contributed by atoms with Crippen LogP contribution in [-0.2, 0) is 10.8 Å². The smallest absolute Gasteiger partial charge is 0.218 e. The van der Waals surface area contributed by atoms with Gasteiger partial charge in [-0.2, -0.15) is 4.58 Å². The van der Waals surface area contributed by atoms with E-state index in [0.717, 1.165) is 30.6 Å². The fraction of sp³-hybridized carbons (Fsp3) is 0.226. The van der Waals surface area contributed by atoms with E-state index in [-0.39, 0.29) is 16.9 Å². The Kier molecular flexibility index (Phi) is 9.02. The summed E-state index contributed by atoms with van der Waals surface area (Å²) in [4.78, 5) is 2.41. The predicted octanol–water partition coefficient (Wildman–Crippen LogP) is 12.8. The highest BCUT2D eigenvalue weighted by Gasteiger charge is 2.43. The molecular weight excluding hydrogens is 679 g/mol. The number of benzene rings is 6. The molecule has 3 nitrogen and oxygen atoms in total. The number of nitrogens with one attached hydrogen (secondary N) is 1. The summed E-state index contributed by atoms with van der Waals surface area (Å²) >= 11 is 0. The molecule has 1 atom stereocenters. The Bertz CT molecular complexity index is 2610. The molecule has 2 aliphatic carbocycles. The van der Waals surface area contributed by atoms with Crippen LogP contribution in [0.15, 0.2) is 180 Å². The molecule has 56 heavy (non-hydrogen) atoms. The van der Waals surface area contributed by atoms with Gasteiger partial charge < -0.3 is 10.2 Å². The van der Waals surface area contributed by atoms with E-state index in [1.165, 1.54) is 72.1 Å². The molecule has 0 radical (unpaired) electrons. The minimum atomic E-state index is -0.159. The molecule has 1 heterocycles. The van der Waals surface area contributed by atoms with Crippen molar-refractivity contribution in [2.75, 3.05) is 19.0 Å². The van der Waals surface area contributed by atoms with E-state index in [4.69, 9.17) is 0 Å². The van der Waals surface area contributed by atoms with Gasteiger partial charge in [-0.25, -0.2) is 0 Å². The standard InChI is InChI=1S/C53H52N3/c1-52(2)45(50(54-5)44-32-28-36-18-13-15-26-42(36)48(44)52)33-29-38-20-17-21-39(51(38)56(40-22-9-7-10-23-40)41-24-11-8-12-25-41)31-35-47-53(3,4)49-43-27-16-14-19-37(43)30-34-46(49)55(47)6/h7-16,18-19,22-35,50,54H,17,20-21H2,1-6H3/q+1. The van der Waals surface area contributed by atoms with Crippen LogP contribution >= 0.6 is 0 Å². The van der Waals surface area contributed by atoms with Gasteiger partial charge in [0, 0.05) is 64.7 Å². The van der Waals surface area contributed by atoms with E-state index >= 15 is 0 Å². The maximum absolute atomic E-state index is 3.72. The minimum Gasteiger partial charge on any atom is -0.347 e. The van der Waals surface area contributed by atoms with Crippen molar-refractivity contribution in [3.63, 3.8) is 0 Å². The Morgan fingerprint density at radius 2 is 1.12 bits per heavy atom. The average Bonchev–Trinajstić information content (AvgIpc) is 3.57. The summed E-state index contributed by atoms with van der Waals surface area (Å²) in [6.07, 6.45) is 12.9. The summed E-state index contributed by atoms with van der Waals surface area (Å²) in [6.45, 7) is 9.59. The third-order valence-corrected chi connectivity index (χ3v) is 12.8. The molecule has 1 fully saturated rings. The first-order chi connectivity index (χ1) is 27.2. The van der Waals surface area contributed by atoms with Crippen molar-refractivity contribution in [3.8, 4) is 0 Å². The molecule has 1 unspecified atom stereocenters. The maximum Gasteiger partial charge on any atom is 0.218 e. The zero-order valence-electron chi connectivity index (χ0n) is 33.6. The van der Waals surface area contributed by atoms with Gasteiger partial charge in [0.1, 0.15) is 0 Å². The summed E-state index contributed by atoms with van der Waals surface area (Å²) < 4.78 is 2.50. The lowest BCUT2D eigenvalue weighted by molar-refractivity contribution is 0.586. The van der Waals surface area contributed by atoms with E-state index in [0.29, 0.717) is 0 Å². The number of fused-ring (bicyclic) bond motifs is 6. The summed E-state index contributed by atoms with van der Waals surface area (Å²) in [7, 11) is 4.34. The number of nitrogens with zero attached hydrogens (tertiary/aromatic N) is 2. The quantitative estimate of drug-likeness (QED) is 0.178. The van der Waals surface area contributed by atoms with Gasteiger partial charge in [-0.1, -0.05) is 149 Å². The molecule has 0 saturated heterocycles. The molecule has 3 aliphatic rings. The van der Waals surface area contributed by atoms with Crippen LogP contribution in [0.25, 0.3) is 21.5 Å². The monoisotopic (exact) mass is 730 g/mol. The first kappa shape index (κ1) is 35.9. The number of likely N-dealkylation sites (N-methyl/N-ethyl adjacent to an activating group) is 2. The Hall–Kier alpha value is -5.77. The third kappa shape index (κ3) is 5.80. The number of hydrogen-bond donors (Lipinski definition) is 1. The molecule has 0 bridgehead atoms. The maximum atomic E-state index is 3.72. The molecular formula is C53H52N3+. The number of allylic oxidation sites excluding steroid dienone is 7. The second-order valence-corrected chi connectivity index (χ2v) is 16.7. The minimum absolute atomic E-state index is 0.144. The first-order valence-corrected chi connectivity index (χ1v) is 20.3. The molecule has 0 spiro atoms. The van der Waals surface area contributed by atoms with E-state index in [9.17, 15) is 0 Å². The van der Waals surface area contributed by atoms with Gasteiger partial charge in [0.25, 0.3) is 0 Å². The lowest BCUT2D eigenvalue weighted by Gasteiger charge is -2.26. The van der Waals surface area contributed by atoms with Crippen molar-refractivity contribution in [3.05, 3.63) is 197 Å². The molecule has 6 aromatic carbocycles. The van der Waals surface area contributed by atoms with Crippen LogP contribution in [0, 0.1) is 0 Å². The SMILES string of the molecule is CNC1C(=CC=C2CCCC(=CC=C3N(C)c4ccc5ccccc5c4C3(C)C)C2=[N+](c2ccccc2)c2ccccc2)C(C)(C)c2c1ccc1ccccc21.